The fourth-order valence-electron chi connectivity index (χ4n) is 1.29. The minimum absolute atomic E-state index is 0.0847. The number of aromatic nitrogens is 4. The molecule has 2 aromatic rings. The topological polar surface area (TPSA) is 89.8 Å². The first-order valence-corrected chi connectivity index (χ1v) is 8.15. The van der Waals surface area contributed by atoms with Crippen molar-refractivity contribution in [3.05, 3.63) is 26.5 Å². The zero-order chi connectivity index (χ0) is 14.2. The van der Waals surface area contributed by atoms with Gasteiger partial charge in [0.05, 0.1) is 16.4 Å². The molecule has 0 saturated carbocycles. The first-order chi connectivity index (χ1) is 8.81. The maximum absolute atomic E-state index is 12.2. The fourth-order valence-corrected chi connectivity index (χ4v) is 3.87. The molecule has 0 unspecified atom stereocenters. The van der Waals surface area contributed by atoms with Gasteiger partial charge in [-0.15, -0.1) is 5.10 Å². The van der Waals surface area contributed by atoms with E-state index in [9.17, 15) is 8.42 Å². The Hall–Kier alpha value is -0.710. The molecule has 0 spiro atoms. The summed E-state index contributed by atoms with van der Waals surface area (Å²) in [5.74, 6) is 0. The van der Waals surface area contributed by atoms with Crippen LogP contribution in [0.15, 0.2) is 26.4 Å². The number of aryl methyl sites for hydroxylation is 1. The summed E-state index contributed by atoms with van der Waals surface area (Å²) in [7, 11) is -2.35. The van der Waals surface area contributed by atoms with E-state index in [1.807, 2.05) is 0 Å². The number of nitrogens with zero attached hydrogens (tertiary/aromatic N) is 4. The highest BCUT2D eigenvalue weighted by Crippen LogP contribution is 2.25. The molecule has 11 heteroatoms. The Morgan fingerprint density at radius 3 is 2.63 bits per heavy atom. The molecule has 0 fully saturated rings. The van der Waals surface area contributed by atoms with Crippen LogP contribution in [0, 0.1) is 0 Å². The predicted octanol–water partition coefficient (Wildman–Crippen LogP) is 2.19. The lowest BCUT2D eigenvalue weighted by Crippen LogP contribution is -2.17. The van der Waals surface area contributed by atoms with Gasteiger partial charge in [-0.1, -0.05) is 16.8 Å². The van der Waals surface area contributed by atoms with Crippen LogP contribution in [-0.4, -0.2) is 28.4 Å². The number of hydrogen-bond acceptors (Lipinski definition) is 5. The second kappa shape index (κ2) is 5.35. The van der Waals surface area contributed by atoms with Gasteiger partial charge in [0.25, 0.3) is 10.0 Å². The van der Waals surface area contributed by atoms with Crippen molar-refractivity contribution in [2.45, 2.75) is 5.03 Å². The zero-order valence-corrected chi connectivity index (χ0v) is 14.0. The normalized spacial score (nSPS) is 11.6. The second-order valence-electron chi connectivity index (χ2n) is 3.41. The molecule has 0 aliphatic carbocycles. The van der Waals surface area contributed by atoms with E-state index in [4.69, 9.17) is 11.6 Å². The first-order valence-electron chi connectivity index (χ1n) is 4.70. The first kappa shape index (κ1) is 14.7. The van der Waals surface area contributed by atoms with Gasteiger partial charge in [-0.05, 0) is 37.9 Å². The van der Waals surface area contributed by atoms with E-state index < -0.39 is 10.0 Å². The Bertz CT molecular complexity index is 713. The molecule has 2 aromatic heterocycles. The van der Waals surface area contributed by atoms with Crippen LogP contribution in [0.4, 0.5) is 5.69 Å². The van der Waals surface area contributed by atoms with Gasteiger partial charge in [-0.3, -0.25) is 4.72 Å². The smallest absolute Gasteiger partial charge is 0.277 e. The SMILES string of the molecule is Cn1nnc(Br)c1S(=O)(=O)Nc1cnc(Cl)c(Br)c1. The Balaban J connectivity index is 2.39. The van der Waals surface area contributed by atoms with E-state index in [0.29, 0.717) is 4.47 Å². The van der Waals surface area contributed by atoms with E-state index in [2.05, 4.69) is 51.9 Å². The average Bonchev–Trinajstić information content (AvgIpc) is 2.64. The average molecular weight is 431 g/mol. The molecule has 0 bridgehead atoms. The molecular weight excluding hydrogens is 425 g/mol. The second-order valence-corrected chi connectivity index (χ2v) is 6.97. The van der Waals surface area contributed by atoms with Crippen LogP contribution in [0.5, 0.6) is 0 Å². The molecule has 0 aliphatic rings. The highest BCUT2D eigenvalue weighted by molar-refractivity contribution is 9.10. The number of rotatable bonds is 3. The standard InChI is InChI=1S/C8H6Br2ClN5O2S/c1-16-8(6(10)13-15-16)19(17,18)14-4-2-5(9)7(11)12-3-4/h2-3,14H,1H3. The highest BCUT2D eigenvalue weighted by Gasteiger charge is 2.24. The van der Waals surface area contributed by atoms with Crippen molar-refractivity contribution in [1.29, 1.82) is 0 Å². The summed E-state index contributed by atoms with van der Waals surface area (Å²) in [6, 6.07) is 1.50. The van der Waals surface area contributed by atoms with Crippen LogP contribution in [0.25, 0.3) is 0 Å². The molecule has 2 rings (SSSR count). The maximum atomic E-state index is 12.2. The number of sulfonamides is 1. The molecule has 7 nitrogen and oxygen atoms in total. The van der Waals surface area contributed by atoms with Crippen molar-refractivity contribution in [2.24, 2.45) is 7.05 Å². The molecule has 0 amide bonds. The molecule has 0 aliphatic heterocycles. The molecule has 102 valence electrons. The highest BCUT2D eigenvalue weighted by atomic mass is 79.9. The van der Waals surface area contributed by atoms with Crippen molar-refractivity contribution < 1.29 is 8.42 Å². The van der Waals surface area contributed by atoms with Crippen LogP contribution in [0.3, 0.4) is 0 Å². The number of pyridine rings is 1. The van der Waals surface area contributed by atoms with Crippen molar-refractivity contribution in [3.63, 3.8) is 0 Å². The molecular formula is C8H6Br2ClN5O2S. The van der Waals surface area contributed by atoms with E-state index in [-0.39, 0.29) is 20.5 Å². The van der Waals surface area contributed by atoms with Gasteiger partial charge in [0, 0.05) is 7.05 Å². The van der Waals surface area contributed by atoms with E-state index in [0.717, 1.165) is 4.68 Å². The van der Waals surface area contributed by atoms with Crippen LogP contribution < -0.4 is 4.72 Å². The van der Waals surface area contributed by atoms with Crippen molar-refractivity contribution in [2.75, 3.05) is 4.72 Å². The molecule has 1 N–H and O–H groups in total. The monoisotopic (exact) mass is 429 g/mol. The lowest BCUT2D eigenvalue weighted by atomic mass is 10.4. The summed E-state index contributed by atoms with van der Waals surface area (Å²) < 4.78 is 28.5. The summed E-state index contributed by atoms with van der Waals surface area (Å²) in [4.78, 5) is 3.83. The zero-order valence-electron chi connectivity index (χ0n) is 9.30. The molecule has 2 heterocycles. The van der Waals surface area contributed by atoms with Gasteiger partial charge >= 0.3 is 0 Å². The number of hydrogen-bond donors (Lipinski definition) is 1. The molecule has 0 atom stereocenters. The van der Waals surface area contributed by atoms with Crippen LogP contribution in [0.2, 0.25) is 5.15 Å². The minimum atomic E-state index is -3.82. The predicted molar refractivity (Wildman–Crippen MR) is 76.5 cm³/mol. The molecule has 19 heavy (non-hydrogen) atoms. The quantitative estimate of drug-likeness (QED) is 0.753. The van der Waals surface area contributed by atoms with Gasteiger partial charge < -0.3 is 0 Å². The van der Waals surface area contributed by atoms with E-state index in [1.54, 1.807) is 0 Å². The van der Waals surface area contributed by atoms with Crippen molar-refractivity contribution in [1.82, 2.24) is 20.0 Å². The van der Waals surface area contributed by atoms with Crippen molar-refractivity contribution in [3.8, 4) is 0 Å². The number of halogens is 3. The lowest BCUT2D eigenvalue weighted by Gasteiger charge is -2.08. The fraction of sp³-hybridized carbons (Fsp3) is 0.125. The number of nitrogens with one attached hydrogen (secondary N) is 1. The van der Waals surface area contributed by atoms with Crippen LogP contribution >= 0.6 is 43.5 Å². The van der Waals surface area contributed by atoms with Gasteiger partial charge in [-0.25, -0.2) is 9.67 Å². The third-order valence-corrected chi connectivity index (χ3v) is 5.44. The lowest BCUT2D eigenvalue weighted by molar-refractivity contribution is 0.578. The van der Waals surface area contributed by atoms with E-state index >= 15 is 0 Å². The Morgan fingerprint density at radius 1 is 1.42 bits per heavy atom. The van der Waals surface area contributed by atoms with Gasteiger partial charge in [0.2, 0.25) is 5.03 Å². The summed E-state index contributed by atoms with van der Waals surface area (Å²) in [6.45, 7) is 0. The molecule has 0 aromatic carbocycles. The summed E-state index contributed by atoms with van der Waals surface area (Å²) in [5, 5.41) is 7.39. The summed E-state index contributed by atoms with van der Waals surface area (Å²) >= 11 is 11.9. The third-order valence-electron chi connectivity index (χ3n) is 2.04. The van der Waals surface area contributed by atoms with Gasteiger partial charge in [0.1, 0.15) is 5.15 Å². The van der Waals surface area contributed by atoms with Gasteiger partial charge in [0.15, 0.2) is 4.60 Å². The van der Waals surface area contributed by atoms with E-state index in [1.165, 1.54) is 19.3 Å². The maximum Gasteiger partial charge on any atom is 0.281 e. The Morgan fingerprint density at radius 2 is 2.11 bits per heavy atom. The minimum Gasteiger partial charge on any atom is -0.277 e. The number of anilines is 1. The van der Waals surface area contributed by atoms with Crippen molar-refractivity contribution >= 4 is 59.2 Å². The Labute approximate surface area is 130 Å². The summed E-state index contributed by atoms with van der Waals surface area (Å²) in [6.07, 6.45) is 1.31. The van der Waals surface area contributed by atoms with Gasteiger partial charge in [-0.2, -0.15) is 8.42 Å². The third kappa shape index (κ3) is 3.07. The van der Waals surface area contributed by atoms with Crippen LogP contribution in [0.1, 0.15) is 0 Å². The molecule has 0 radical (unpaired) electrons. The Kier molecular flexibility index (Phi) is 4.14. The largest absolute Gasteiger partial charge is 0.281 e. The van der Waals surface area contributed by atoms with Crippen LogP contribution in [-0.2, 0) is 17.1 Å². The summed E-state index contributed by atoms with van der Waals surface area (Å²) in [5.41, 5.74) is 0.268. The molecule has 0 saturated heterocycles.